The van der Waals surface area contributed by atoms with E-state index in [9.17, 15) is 15.3 Å². The largest absolute Gasteiger partial charge is 0.377 e. The molecule has 0 saturated carbocycles. The number of benzene rings is 6. The number of hydrogen-bond donors (Lipinski definition) is 4. The maximum atomic E-state index is 11.6. The van der Waals surface area contributed by atoms with E-state index in [1.165, 1.54) is 18.0 Å². The van der Waals surface area contributed by atoms with Crippen molar-refractivity contribution in [2.75, 3.05) is 10.6 Å². The fourth-order valence-electron chi connectivity index (χ4n) is 8.58. The molecule has 12 rings (SSSR count). The molecule has 6 heterocycles. The molecule has 0 saturated heterocycles. The molecule has 0 fully saturated rings. The smallest absolute Gasteiger partial charge is 0.211 e. The number of aromatic nitrogens is 7. The summed E-state index contributed by atoms with van der Waals surface area (Å²) in [4.78, 5) is 31.9. The fraction of sp³-hybridized carbons (Fsp3) is 0.134. The van der Waals surface area contributed by atoms with Crippen LogP contribution in [-0.4, -0.2) is 39.3 Å². The minimum atomic E-state index is -1.67. The Morgan fingerprint density at radius 3 is 1.46 bits per heavy atom. The van der Waals surface area contributed by atoms with Crippen molar-refractivity contribution in [2.24, 2.45) is 0 Å². The number of aromatic amines is 2. The number of nitrogens with zero attached hydrogens (tertiary/aromatic N) is 9. The molecule has 0 spiro atoms. The molecule has 89 heavy (non-hydrogen) atoms. The molecular weight excluding hydrogens is 1400 g/mol. The zero-order valence-electron chi connectivity index (χ0n) is 43.9. The van der Waals surface area contributed by atoms with Gasteiger partial charge in [0.1, 0.15) is 29.8 Å². The average molecular weight is 1460 g/mol. The molecule has 0 aliphatic carbocycles. The minimum absolute atomic E-state index is 0. The molecule has 12 aromatic rings. The molecule has 0 aliphatic heterocycles. The van der Waals surface area contributed by atoms with Gasteiger partial charge in [0.2, 0.25) is 14.7 Å². The second-order valence-corrected chi connectivity index (χ2v) is 23.7. The number of rotatable bonds is 7. The molecule has 454 valence electrons. The fourth-order valence-corrected chi connectivity index (χ4v) is 9.90. The van der Waals surface area contributed by atoms with Crippen LogP contribution >= 0.6 is 80.8 Å². The molecule has 2 atom stereocenters. The summed E-state index contributed by atoms with van der Waals surface area (Å²) in [5, 5.41) is 55.0. The molecule has 15 nitrogen and oxygen atoms in total. The van der Waals surface area contributed by atoms with Crippen molar-refractivity contribution < 1.29 is 4.21 Å². The van der Waals surface area contributed by atoms with E-state index in [4.69, 9.17) is 26.3 Å². The first-order valence-electron chi connectivity index (χ1n) is 24.9. The van der Waals surface area contributed by atoms with Gasteiger partial charge in [0.05, 0.1) is 55.8 Å². The van der Waals surface area contributed by atoms with Crippen LogP contribution in [0.2, 0.25) is 5.02 Å². The average Bonchev–Trinajstić information content (AvgIpc) is 1.35. The molecule has 0 bridgehead atoms. The van der Waals surface area contributed by atoms with E-state index in [0.717, 1.165) is 90.7 Å². The third-order valence-corrected chi connectivity index (χ3v) is 14.6. The normalized spacial score (nSPS) is 10.5. The van der Waals surface area contributed by atoms with Gasteiger partial charge in [-0.3, -0.25) is 24.8 Å². The van der Waals surface area contributed by atoms with E-state index in [-0.39, 0.29) is 60.2 Å². The number of fused-ring (bicyclic) bond motifs is 5. The molecule has 0 aliphatic rings. The highest BCUT2D eigenvalue weighted by Crippen LogP contribution is 2.35. The van der Waals surface area contributed by atoms with Crippen molar-refractivity contribution in [1.82, 2.24) is 35.1 Å². The van der Waals surface area contributed by atoms with Crippen molar-refractivity contribution in [3.63, 3.8) is 0 Å². The van der Waals surface area contributed by atoms with E-state index in [0.29, 0.717) is 27.1 Å². The summed E-state index contributed by atoms with van der Waals surface area (Å²) in [6.07, 6.45) is 9.74. The molecule has 0 unspecified atom stereocenters. The monoisotopic (exact) mass is 1450 g/mol. The number of anilines is 2. The van der Waals surface area contributed by atoms with Crippen LogP contribution in [0, 0.1) is 45.3 Å². The zero-order valence-corrected chi connectivity index (χ0v) is 51.8. The molecule has 6 aromatic heterocycles. The number of nitrogens with one attached hydrogen (secondary N) is 4. The van der Waals surface area contributed by atoms with Crippen LogP contribution in [0.5, 0.6) is 0 Å². The zero-order chi connectivity index (χ0) is 59.9. The van der Waals surface area contributed by atoms with Gasteiger partial charge in [0.25, 0.3) is 0 Å². The molecule has 22 heteroatoms. The lowest BCUT2D eigenvalue weighted by atomic mass is 10.0. The van der Waals surface area contributed by atoms with Gasteiger partial charge in [-0.1, -0.05) is 163 Å². The Balaban J connectivity index is 0.000000312. The molecule has 0 radical (unpaired) electrons. The Morgan fingerprint density at radius 2 is 0.955 bits per heavy atom. The second-order valence-electron chi connectivity index (χ2n) is 18.1. The first-order chi connectivity index (χ1) is 40.6. The highest BCUT2D eigenvalue weighted by molar-refractivity contribution is 9.11. The van der Waals surface area contributed by atoms with E-state index >= 15 is 0 Å². The maximum absolute atomic E-state index is 11.6. The standard InChI is InChI=1S/C24H18N6.C18H14BrN3.C10H4BrClN2.C10H5BrN2O.5CH4.Cl2OS/c1-15(16-5-3-2-4-6-16)29-23-20(11-25)13-26-22-8-7-17(10-21(22)23)18-9-19-14-28-30-24(19)27-12-18;1-12(13-5-3-2-4-6-13)22-18-14(10-20)11-21-17-8-7-15(19)9-16(17)18;11-7-1-2-9-8(3-7)10(12)6(4-13)5-14-9;11-7-1-2-9-8(3-7)10(14)6(4-12)5-13-9;;;;;;1-4(2)3/h2-10,12-15H,1H3,(H,26,29)(H,27,28,30);2-9,11-12H,1H3,(H,21,22);1-3,5H;1-3,5H,(H,13,14);5*1H4;/t15-;12-;;;;;;;;/m11......../s1. The van der Waals surface area contributed by atoms with Crippen molar-refractivity contribution >= 4 is 156 Å². The van der Waals surface area contributed by atoms with Gasteiger partial charge in [0, 0.05) is 116 Å². The number of hydrogen-bond acceptors (Lipinski definition) is 13. The van der Waals surface area contributed by atoms with Gasteiger partial charge < -0.3 is 15.6 Å². The van der Waals surface area contributed by atoms with E-state index in [1.807, 2.05) is 115 Å². The van der Waals surface area contributed by atoms with Crippen molar-refractivity contribution in [3.8, 4) is 35.4 Å². The van der Waals surface area contributed by atoms with E-state index in [1.54, 1.807) is 30.7 Å². The van der Waals surface area contributed by atoms with E-state index < -0.39 is 9.23 Å². The van der Waals surface area contributed by atoms with Crippen LogP contribution in [0.3, 0.4) is 0 Å². The summed E-state index contributed by atoms with van der Waals surface area (Å²) in [5.74, 6) is 0. The Kier molecular flexibility index (Phi) is 29.7. The van der Waals surface area contributed by atoms with Crippen molar-refractivity contribution in [1.29, 1.82) is 21.0 Å². The van der Waals surface area contributed by atoms with Crippen molar-refractivity contribution in [3.05, 3.63) is 239 Å². The van der Waals surface area contributed by atoms with Gasteiger partial charge in [-0.2, -0.15) is 26.1 Å². The van der Waals surface area contributed by atoms with Crippen LogP contribution in [0.25, 0.3) is 65.8 Å². The number of H-pyrrole nitrogens is 2. The lowest BCUT2D eigenvalue weighted by molar-refractivity contribution is 0.698. The summed E-state index contributed by atoms with van der Waals surface area (Å²) >= 11 is 16.1. The first-order valence-corrected chi connectivity index (χ1v) is 30.5. The Morgan fingerprint density at radius 1 is 0.517 bits per heavy atom. The van der Waals surface area contributed by atoms with Crippen LogP contribution in [0.1, 0.15) is 96.4 Å². The van der Waals surface area contributed by atoms with Crippen LogP contribution < -0.4 is 16.1 Å². The van der Waals surface area contributed by atoms with Gasteiger partial charge in [0.15, 0.2) is 5.65 Å². The maximum Gasteiger partial charge on any atom is 0.211 e. The Bertz CT molecular complexity index is 4640. The third-order valence-electron chi connectivity index (χ3n) is 12.7. The van der Waals surface area contributed by atoms with Crippen LogP contribution in [0.15, 0.2) is 195 Å². The predicted molar refractivity (Wildman–Crippen MR) is 380 cm³/mol. The third kappa shape index (κ3) is 19.0. The molecular formula is C67H61Br3Cl3N13O2S. The summed E-state index contributed by atoms with van der Waals surface area (Å²) in [7, 11) is 7.36. The second kappa shape index (κ2) is 35.4. The predicted octanol–water partition coefficient (Wildman–Crippen LogP) is 20.2. The van der Waals surface area contributed by atoms with Gasteiger partial charge in [-0.15, -0.1) is 0 Å². The highest BCUT2D eigenvalue weighted by atomic mass is 79.9. The lowest BCUT2D eigenvalue weighted by Crippen LogP contribution is -2.08. The Hall–Kier alpha value is -8.60. The summed E-state index contributed by atoms with van der Waals surface area (Å²) in [5.41, 5.74) is 11.3. The van der Waals surface area contributed by atoms with Gasteiger partial charge in [-0.25, -0.2) is 9.19 Å². The lowest BCUT2D eigenvalue weighted by Gasteiger charge is -2.18. The SMILES string of the molecule is C.C.C.C.C.C[C@@H](Nc1c(C#N)cnc2ccc(-c3cnc4[nH]ncc4c3)cc12)c1ccccc1.C[C@@H](Nc1c(C#N)cnc2ccc(Br)cc12)c1ccccc1.N#Cc1c[nH]c2ccc(Br)cc2c1=O.N#Cc1cnc2ccc(Br)cc2c1Cl.O=S(Cl)Cl. The van der Waals surface area contributed by atoms with Crippen LogP contribution in [0.4, 0.5) is 11.4 Å². The number of halogens is 6. The van der Waals surface area contributed by atoms with Gasteiger partial charge in [-0.05, 0) is 103 Å². The number of nitriles is 4. The Labute approximate surface area is 559 Å². The minimum Gasteiger partial charge on any atom is -0.377 e. The topological polar surface area (TPSA) is 249 Å². The quantitative estimate of drug-likeness (QED) is 0.109. The summed E-state index contributed by atoms with van der Waals surface area (Å²) in [6.45, 7) is 4.17. The molecule has 6 aromatic carbocycles. The first kappa shape index (κ1) is 74.7. The molecule has 4 N–H and O–H groups in total. The molecule has 0 amide bonds. The van der Waals surface area contributed by atoms with E-state index in [2.05, 4.69) is 171 Å². The number of pyridine rings is 5. The van der Waals surface area contributed by atoms with Crippen LogP contribution in [-0.2, 0) is 9.23 Å². The van der Waals surface area contributed by atoms with Crippen molar-refractivity contribution in [2.45, 2.75) is 63.1 Å². The highest BCUT2D eigenvalue weighted by Gasteiger charge is 2.16. The summed E-state index contributed by atoms with van der Waals surface area (Å²) in [6, 6.07) is 53.7. The summed E-state index contributed by atoms with van der Waals surface area (Å²) < 4.78 is 11.8. The van der Waals surface area contributed by atoms with Gasteiger partial charge >= 0.3 is 0 Å².